The van der Waals surface area contributed by atoms with E-state index in [1.807, 2.05) is 24.7 Å². The van der Waals surface area contributed by atoms with Gasteiger partial charge in [-0.2, -0.15) is 0 Å². The lowest BCUT2D eigenvalue weighted by Gasteiger charge is -2.30. The molecule has 3 aromatic rings. The predicted octanol–water partition coefficient (Wildman–Crippen LogP) is 5.05. The first kappa shape index (κ1) is 17.8. The van der Waals surface area contributed by atoms with E-state index in [0.29, 0.717) is 0 Å². The number of hydrogen-bond acceptors (Lipinski definition) is 2. The van der Waals surface area contributed by atoms with Crippen molar-refractivity contribution in [2.24, 2.45) is 0 Å². The molecule has 0 aliphatic carbocycles. The normalized spacial score (nSPS) is 13.2. The first-order valence-corrected chi connectivity index (χ1v) is 15.3. The third-order valence-electron chi connectivity index (χ3n) is 4.55. The van der Waals surface area contributed by atoms with Crippen molar-refractivity contribution in [2.75, 3.05) is 0 Å². The van der Waals surface area contributed by atoms with E-state index in [9.17, 15) is 0 Å². The van der Waals surface area contributed by atoms with Gasteiger partial charge in [-0.1, -0.05) is 67.9 Å². The Hall–Kier alpha value is -2.05. The number of pyridine rings is 2. The molecule has 0 amide bonds. The van der Waals surface area contributed by atoms with E-state index in [2.05, 4.69) is 79.8 Å². The molecule has 2 aromatic heterocycles. The summed E-state index contributed by atoms with van der Waals surface area (Å²) < 4.78 is 0. The third-order valence-corrected chi connectivity index (χ3v) is 9.52. The van der Waals surface area contributed by atoms with E-state index in [1.165, 1.54) is 21.3 Å². The van der Waals surface area contributed by atoms with E-state index in [1.54, 1.807) is 0 Å². The van der Waals surface area contributed by atoms with Crippen LogP contribution in [0.2, 0.25) is 32.7 Å². The van der Waals surface area contributed by atoms with Crippen LogP contribution in [0.15, 0.2) is 66.8 Å². The first-order chi connectivity index (χ1) is 11.8. The SMILES string of the molecule is C[Si](C)(C)/C=C(\c1ccncc1)[Si](C)(C)c1cccc2cccnc12. The van der Waals surface area contributed by atoms with Gasteiger partial charge in [-0.05, 0) is 28.9 Å². The Morgan fingerprint density at radius 3 is 2.20 bits per heavy atom. The third kappa shape index (κ3) is 3.80. The fraction of sp³-hybridized carbons (Fsp3) is 0.238. The zero-order valence-corrected chi connectivity index (χ0v) is 17.7. The van der Waals surface area contributed by atoms with Gasteiger partial charge in [0.15, 0.2) is 0 Å². The van der Waals surface area contributed by atoms with Crippen LogP contribution >= 0.6 is 0 Å². The number of nitrogens with zero attached hydrogens (tertiary/aromatic N) is 2. The van der Waals surface area contributed by atoms with Gasteiger partial charge < -0.3 is 0 Å². The molecule has 0 saturated carbocycles. The lowest BCUT2D eigenvalue weighted by Crippen LogP contribution is -2.44. The van der Waals surface area contributed by atoms with Gasteiger partial charge in [0, 0.05) is 24.0 Å². The number of benzene rings is 1. The van der Waals surface area contributed by atoms with Crippen molar-refractivity contribution in [3.05, 3.63) is 72.3 Å². The molecule has 3 rings (SSSR count). The van der Waals surface area contributed by atoms with E-state index in [-0.39, 0.29) is 0 Å². The predicted molar refractivity (Wildman–Crippen MR) is 114 cm³/mol. The molecule has 0 atom stereocenters. The van der Waals surface area contributed by atoms with Crippen LogP contribution in [0, 0.1) is 0 Å². The molecule has 4 heteroatoms. The molecular formula is C21H26N2Si2. The highest BCUT2D eigenvalue weighted by Gasteiger charge is 2.32. The van der Waals surface area contributed by atoms with Crippen LogP contribution in [0.4, 0.5) is 0 Å². The molecular weight excluding hydrogens is 336 g/mol. The van der Waals surface area contributed by atoms with Crippen LogP contribution in [-0.2, 0) is 0 Å². The van der Waals surface area contributed by atoms with Gasteiger partial charge in [-0.25, -0.2) is 0 Å². The second-order valence-corrected chi connectivity index (χ2v) is 17.5. The van der Waals surface area contributed by atoms with Crippen molar-refractivity contribution in [3.63, 3.8) is 0 Å². The molecule has 0 aliphatic heterocycles. The Morgan fingerprint density at radius 1 is 0.840 bits per heavy atom. The van der Waals surface area contributed by atoms with Gasteiger partial charge >= 0.3 is 0 Å². The number of aromatic nitrogens is 2. The fourth-order valence-corrected chi connectivity index (χ4v) is 9.61. The molecule has 2 heterocycles. The van der Waals surface area contributed by atoms with Crippen molar-refractivity contribution < 1.29 is 0 Å². The second-order valence-electron chi connectivity index (χ2n) is 8.17. The van der Waals surface area contributed by atoms with E-state index >= 15 is 0 Å². The van der Waals surface area contributed by atoms with Gasteiger partial charge in [0.1, 0.15) is 8.07 Å². The van der Waals surface area contributed by atoms with Gasteiger partial charge in [0.05, 0.1) is 13.6 Å². The van der Waals surface area contributed by atoms with Crippen molar-refractivity contribution in [3.8, 4) is 0 Å². The van der Waals surface area contributed by atoms with Crippen molar-refractivity contribution >= 4 is 37.4 Å². The minimum atomic E-state index is -1.92. The molecule has 0 unspecified atom stereocenters. The van der Waals surface area contributed by atoms with Gasteiger partial charge in [0.25, 0.3) is 0 Å². The summed E-state index contributed by atoms with van der Waals surface area (Å²) in [5.74, 6) is 0. The molecule has 1 aromatic carbocycles. The maximum absolute atomic E-state index is 4.73. The summed E-state index contributed by atoms with van der Waals surface area (Å²) in [6.07, 6.45) is 5.71. The Morgan fingerprint density at radius 2 is 1.52 bits per heavy atom. The maximum Gasteiger partial charge on any atom is 0.114 e. The topological polar surface area (TPSA) is 25.8 Å². The van der Waals surface area contributed by atoms with Crippen LogP contribution in [-0.4, -0.2) is 26.1 Å². The monoisotopic (exact) mass is 362 g/mol. The molecule has 0 spiro atoms. The summed E-state index contributed by atoms with van der Waals surface area (Å²) in [4.78, 5) is 8.94. The van der Waals surface area contributed by atoms with Crippen molar-refractivity contribution in [2.45, 2.75) is 32.7 Å². The van der Waals surface area contributed by atoms with Crippen LogP contribution in [0.25, 0.3) is 16.1 Å². The summed E-state index contributed by atoms with van der Waals surface area (Å²) in [7, 11) is -3.30. The van der Waals surface area contributed by atoms with E-state index < -0.39 is 16.1 Å². The van der Waals surface area contributed by atoms with Gasteiger partial charge in [-0.15, -0.1) is 0 Å². The smallest absolute Gasteiger partial charge is 0.114 e. The van der Waals surface area contributed by atoms with Crippen LogP contribution in [0.5, 0.6) is 0 Å². The largest absolute Gasteiger partial charge is 0.265 e. The summed E-state index contributed by atoms with van der Waals surface area (Å²) in [6, 6.07) is 15.1. The highest BCUT2D eigenvalue weighted by Crippen LogP contribution is 2.29. The average molecular weight is 363 g/mol. The average Bonchev–Trinajstić information content (AvgIpc) is 2.59. The molecule has 2 nitrogen and oxygen atoms in total. The maximum atomic E-state index is 4.73. The molecule has 0 fully saturated rings. The van der Waals surface area contributed by atoms with E-state index in [0.717, 1.165) is 5.52 Å². The molecule has 0 bridgehead atoms. The fourth-order valence-electron chi connectivity index (χ4n) is 3.34. The zero-order valence-electron chi connectivity index (χ0n) is 15.7. The summed E-state index contributed by atoms with van der Waals surface area (Å²) in [5, 5.41) is 4.14. The van der Waals surface area contributed by atoms with Gasteiger partial charge in [0.2, 0.25) is 0 Å². The Balaban J connectivity index is 2.25. The highest BCUT2D eigenvalue weighted by molar-refractivity contribution is 7.07. The Labute approximate surface area is 152 Å². The summed E-state index contributed by atoms with van der Waals surface area (Å²) in [6.45, 7) is 12.1. The number of para-hydroxylation sites is 1. The molecule has 0 aliphatic rings. The number of fused-ring (bicyclic) bond motifs is 1. The zero-order chi connectivity index (χ0) is 18.1. The molecule has 128 valence electrons. The summed E-state index contributed by atoms with van der Waals surface area (Å²) in [5.41, 5.74) is 5.04. The Bertz CT molecular complexity index is 905. The minimum Gasteiger partial charge on any atom is -0.265 e. The highest BCUT2D eigenvalue weighted by atomic mass is 28.3. The summed E-state index contributed by atoms with van der Waals surface area (Å²) >= 11 is 0. The lowest BCUT2D eigenvalue weighted by molar-refractivity contribution is 1.32. The quantitative estimate of drug-likeness (QED) is 0.607. The lowest BCUT2D eigenvalue weighted by atomic mass is 10.2. The molecule has 25 heavy (non-hydrogen) atoms. The first-order valence-electron chi connectivity index (χ1n) is 8.77. The van der Waals surface area contributed by atoms with Gasteiger partial charge in [-0.3, -0.25) is 9.97 Å². The number of hydrogen-bond donors (Lipinski definition) is 0. The molecule has 0 N–H and O–H groups in total. The molecule has 0 saturated heterocycles. The van der Waals surface area contributed by atoms with Crippen LogP contribution in [0.1, 0.15) is 5.56 Å². The van der Waals surface area contributed by atoms with Crippen LogP contribution < -0.4 is 5.19 Å². The molecule has 0 radical (unpaired) electrons. The number of rotatable bonds is 4. The van der Waals surface area contributed by atoms with Crippen molar-refractivity contribution in [1.29, 1.82) is 0 Å². The minimum absolute atomic E-state index is 1.15. The Kier molecular flexibility index (Phi) is 4.76. The van der Waals surface area contributed by atoms with Crippen molar-refractivity contribution in [1.82, 2.24) is 9.97 Å². The standard InChI is InChI=1S/C21H26N2Si2/c1-24(2,3)16-20(17-11-14-22-15-12-17)25(4,5)19-10-6-8-18-9-7-13-23-21(18)19/h6-16H,1-5H3/b20-16+. The second kappa shape index (κ2) is 6.69. The van der Waals surface area contributed by atoms with E-state index in [4.69, 9.17) is 4.98 Å². The van der Waals surface area contributed by atoms with Crippen LogP contribution in [0.3, 0.4) is 0 Å².